The number of carbonyl (C=O) groups excluding carboxylic acids is 1. The average Bonchev–Trinajstić information content (AvgIpc) is 2.42. The minimum atomic E-state index is -0.666. The molecule has 0 atom stereocenters. The zero-order valence-corrected chi connectivity index (χ0v) is 11.5. The molecule has 0 saturated carbocycles. The van der Waals surface area contributed by atoms with Gasteiger partial charge < -0.3 is 4.90 Å². The fourth-order valence-electron chi connectivity index (χ4n) is 1.79. The first-order chi connectivity index (χ1) is 9.47. The molecule has 0 aliphatic heterocycles. The van der Waals surface area contributed by atoms with Crippen LogP contribution in [-0.2, 0) is 6.54 Å². The summed E-state index contributed by atoms with van der Waals surface area (Å²) in [5, 5.41) is 0.536. The Kier molecular flexibility index (Phi) is 4.35. The standard InChI is InChI=1S/C15H12ClF2NO/c1-19(9-11-4-7-13(17)8-14(11)18)15(20)10-2-5-12(16)6-3-10/h2-8H,9H2,1H3. The van der Waals surface area contributed by atoms with Gasteiger partial charge in [0.25, 0.3) is 5.91 Å². The van der Waals surface area contributed by atoms with E-state index in [1.54, 1.807) is 31.3 Å². The molecule has 0 spiro atoms. The van der Waals surface area contributed by atoms with Crippen LogP contribution in [0.1, 0.15) is 15.9 Å². The number of halogens is 3. The van der Waals surface area contributed by atoms with E-state index in [1.165, 1.54) is 17.0 Å². The van der Waals surface area contributed by atoms with Crippen molar-refractivity contribution in [1.82, 2.24) is 4.90 Å². The van der Waals surface area contributed by atoms with Gasteiger partial charge in [0, 0.05) is 35.8 Å². The van der Waals surface area contributed by atoms with Gasteiger partial charge in [-0.25, -0.2) is 8.78 Å². The van der Waals surface area contributed by atoms with Gasteiger partial charge in [-0.3, -0.25) is 4.79 Å². The Morgan fingerprint density at radius 3 is 2.40 bits per heavy atom. The molecule has 0 radical (unpaired) electrons. The zero-order chi connectivity index (χ0) is 14.7. The zero-order valence-electron chi connectivity index (χ0n) is 10.7. The fraction of sp³-hybridized carbons (Fsp3) is 0.133. The largest absolute Gasteiger partial charge is 0.337 e. The molecule has 1 amide bonds. The summed E-state index contributed by atoms with van der Waals surface area (Å²) < 4.78 is 26.3. The number of nitrogens with zero attached hydrogens (tertiary/aromatic N) is 1. The predicted octanol–water partition coefficient (Wildman–Crippen LogP) is 3.89. The number of rotatable bonds is 3. The molecule has 0 aliphatic rings. The van der Waals surface area contributed by atoms with Gasteiger partial charge in [-0.2, -0.15) is 0 Å². The molecular formula is C15H12ClF2NO. The summed E-state index contributed by atoms with van der Waals surface area (Å²) in [4.78, 5) is 13.5. The highest BCUT2D eigenvalue weighted by Gasteiger charge is 2.14. The molecule has 2 rings (SSSR count). The van der Waals surface area contributed by atoms with Gasteiger partial charge in [-0.1, -0.05) is 17.7 Å². The Morgan fingerprint density at radius 2 is 1.80 bits per heavy atom. The molecule has 0 fully saturated rings. The van der Waals surface area contributed by atoms with Gasteiger partial charge in [0.05, 0.1) is 0 Å². The number of benzene rings is 2. The van der Waals surface area contributed by atoms with Crippen LogP contribution >= 0.6 is 11.6 Å². The van der Waals surface area contributed by atoms with Gasteiger partial charge in [0.2, 0.25) is 0 Å². The molecule has 20 heavy (non-hydrogen) atoms. The van der Waals surface area contributed by atoms with Crippen molar-refractivity contribution >= 4 is 17.5 Å². The van der Waals surface area contributed by atoms with Crippen molar-refractivity contribution in [3.8, 4) is 0 Å². The summed E-state index contributed by atoms with van der Waals surface area (Å²) in [6.07, 6.45) is 0. The molecule has 0 heterocycles. The van der Waals surface area contributed by atoms with Crippen LogP contribution in [0.4, 0.5) is 8.78 Å². The molecule has 2 aromatic rings. The summed E-state index contributed by atoms with van der Waals surface area (Å²) >= 11 is 5.75. The molecular weight excluding hydrogens is 284 g/mol. The summed E-state index contributed by atoms with van der Waals surface area (Å²) in [5.41, 5.74) is 0.718. The van der Waals surface area contributed by atoms with Crippen molar-refractivity contribution in [3.63, 3.8) is 0 Å². The highest BCUT2D eigenvalue weighted by molar-refractivity contribution is 6.30. The number of carbonyl (C=O) groups is 1. The van der Waals surface area contributed by atoms with Crippen molar-refractivity contribution in [2.45, 2.75) is 6.54 Å². The van der Waals surface area contributed by atoms with E-state index in [0.717, 1.165) is 6.07 Å². The molecule has 0 saturated heterocycles. The summed E-state index contributed by atoms with van der Waals surface area (Å²) in [6, 6.07) is 9.72. The first-order valence-electron chi connectivity index (χ1n) is 5.92. The van der Waals surface area contributed by atoms with Crippen molar-refractivity contribution in [2.24, 2.45) is 0 Å². The third-order valence-electron chi connectivity index (χ3n) is 2.86. The van der Waals surface area contributed by atoms with Crippen molar-refractivity contribution in [2.75, 3.05) is 7.05 Å². The van der Waals surface area contributed by atoms with Crippen LogP contribution in [0.2, 0.25) is 5.02 Å². The quantitative estimate of drug-likeness (QED) is 0.841. The van der Waals surface area contributed by atoms with E-state index in [4.69, 9.17) is 11.6 Å². The Bertz CT molecular complexity index is 628. The van der Waals surface area contributed by atoms with Crippen LogP contribution in [0.25, 0.3) is 0 Å². The number of hydrogen-bond acceptors (Lipinski definition) is 1. The van der Waals surface area contributed by atoms with E-state index < -0.39 is 11.6 Å². The minimum absolute atomic E-state index is 0.0631. The van der Waals surface area contributed by atoms with Crippen LogP contribution in [0.15, 0.2) is 42.5 Å². The highest BCUT2D eigenvalue weighted by Crippen LogP contribution is 2.15. The molecule has 2 aromatic carbocycles. The third kappa shape index (κ3) is 3.33. The van der Waals surface area contributed by atoms with Gasteiger partial charge in [0.1, 0.15) is 11.6 Å². The lowest BCUT2D eigenvalue weighted by molar-refractivity contribution is 0.0784. The molecule has 0 aliphatic carbocycles. The summed E-state index contributed by atoms with van der Waals surface area (Å²) in [7, 11) is 1.56. The Balaban J connectivity index is 2.13. The van der Waals surface area contributed by atoms with Crippen LogP contribution in [0, 0.1) is 11.6 Å². The summed E-state index contributed by atoms with van der Waals surface area (Å²) in [5.74, 6) is -1.57. The summed E-state index contributed by atoms with van der Waals surface area (Å²) in [6.45, 7) is 0.0631. The second-order valence-electron chi connectivity index (χ2n) is 4.40. The van der Waals surface area contributed by atoms with Gasteiger partial charge in [-0.05, 0) is 30.3 Å². The average molecular weight is 296 g/mol. The van der Waals surface area contributed by atoms with Crippen molar-refractivity contribution in [3.05, 3.63) is 70.2 Å². The van der Waals surface area contributed by atoms with Gasteiger partial charge >= 0.3 is 0 Å². The SMILES string of the molecule is CN(Cc1ccc(F)cc1F)C(=O)c1ccc(Cl)cc1. The Hall–Kier alpha value is -1.94. The molecule has 0 N–H and O–H groups in total. The monoisotopic (exact) mass is 295 g/mol. The minimum Gasteiger partial charge on any atom is -0.337 e. The maximum atomic E-state index is 13.5. The van der Waals surface area contributed by atoms with Gasteiger partial charge in [-0.15, -0.1) is 0 Å². The maximum absolute atomic E-state index is 13.5. The number of hydrogen-bond donors (Lipinski definition) is 0. The lowest BCUT2D eigenvalue weighted by Crippen LogP contribution is -2.26. The normalized spacial score (nSPS) is 10.4. The second-order valence-corrected chi connectivity index (χ2v) is 4.84. The van der Waals surface area contributed by atoms with Gasteiger partial charge in [0.15, 0.2) is 0 Å². The smallest absolute Gasteiger partial charge is 0.253 e. The molecule has 0 unspecified atom stereocenters. The molecule has 0 aromatic heterocycles. The van der Waals surface area contributed by atoms with E-state index in [0.29, 0.717) is 10.6 Å². The topological polar surface area (TPSA) is 20.3 Å². The lowest BCUT2D eigenvalue weighted by Gasteiger charge is -2.17. The maximum Gasteiger partial charge on any atom is 0.253 e. The van der Waals surface area contributed by atoms with Crippen LogP contribution in [0.5, 0.6) is 0 Å². The first kappa shape index (κ1) is 14.5. The molecule has 0 bridgehead atoms. The molecule has 2 nitrogen and oxygen atoms in total. The molecule has 104 valence electrons. The van der Waals surface area contributed by atoms with E-state index in [9.17, 15) is 13.6 Å². The van der Waals surface area contributed by atoms with Crippen LogP contribution in [-0.4, -0.2) is 17.9 Å². The predicted molar refractivity (Wildman–Crippen MR) is 73.6 cm³/mol. The van der Waals surface area contributed by atoms with E-state index in [-0.39, 0.29) is 18.0 Å². The van der Waals surface area contributed by atoms with E-state index in [2.05, 4.69) is 0 Å². The van der Waals surface area contributed by atoms with E-state index >= 15 is 0 Å². The second kappa shape index (κ2) is 6.01. The Morgan fingerprint density at radius 1 is 1.15 bits per heavy atom. The Labute approximate surface area is 120 Å². The van der Waals surface area contributed by atoms with Crippen molar-refractivity contribution in [1.29, 1.82) is 0 Å². The van der Waals surface area contributed by atoms with Crippen molar-refractivity contribution < 1.29 is 13.6 Å². The van der Waals surface area contributed by atoms with Crippen LogP contribution < -0.4 is 0 Å². The molecule has 5 heteroatoms. The third-order valence-corrected chi connectivity index (χ3v) is 3.11. The number of amides is 1. The van der Waals surface area contributed by atoms with Crippen LogP contribution in [0.3, 0.4) is 0 Å². The highest BCUT2D eigenvalue weighted by atomic mass is 35.5. The first-order valence-corrected chi connectivity index (χ1v) is 6.30. The van der Waals surface area contributed by atoms with E-state index in [1.807, 2.05) is 0 Å². The fourth-order valence-corrected chi connectivity index (χ4v) is 1.92. The lowest BCUT2D eigenvalue weighted by atomic mass is 10.1.